The van der Waals surface area contributed by atoms with Gasteiger partial charge in [0, 0.05) is 24.7 Å². The number of ether oxygens (including phenoxy) is 1. The lowest BCUT2D eigenvalue weighted by Crippen LogP contribution is -2.59. The van der Waals surface area contributed by atoms with E-state index in [4.69, 9.17) is 4.74 Å². The van der Waals surface area contributed by atoms with Crippen molar-refractivity contribution in [1.29, 1.82) is 0 Å². The monoisotopic (exact) mass is 300 g/mol. The van der Waals surface area contributed by atoms with E-state index in [0.717, 1.165) is 19.4 Å². The van der Waals surface area contributed by atoms with Crippen molar-refractivity contribution in [2.24, 2.45) is 0 Å². The largest absolute Gasteiger partial charge is 0.444 e. The molecule has 1 heterocycles. The summed E-state index contributed by atoms with van der Waals surface area (Å²) >= 11 is 0. The Bertz CT molecular complexity index is 358. The minimum Gasteiger partial charge on any atom is -0.444 e. The molecule has 0 aliphatic carbocycles. The summed E-state index contributed by atoms with van der Waals surface area (Å²) in [4.78, 5) is 14.1. The Morgan fingerprint density at radius 1 is 1.33 bits per heavy atom. The van der Waals surface area contributed by atoms with Crippen LogP contribution in [0.25, 0.3) is 0 Å². The third-order valence-corrected chi connectivity index (χ3v) is 4.14. The minimum atomic E-state index is -0.784. The maximum absolute atomic E-state index is 12.3. The number of rotatable bonds is 3. The summed E-state index contributed by atoms with van der Waals surface area (Å²) in [6, 6.07) is 0.189. The Morgan fingerprint density at radius 3 is 2.38 bits per heavy atom. The van der Waals surface area contributed by atoms with E-state index in [0.29, 0.717) is 0 Å². The second kappa shape index (κ2) is 6.53. The van der Waals surface area contributed by atoms with Gasteiger partial charge in [0.2, 0.25) is 0 Å². The van der Waals surface area contributed by atoms with E-state index in [1.54, 1.807) is 18.7 Å². The van der Waals surface area contributed by atoms with Gasteiger partial charge in [-0.1, -0.05) is 0 Å². The van der Waals surface area contributed by atoms with Gasteiger partial charge < -0.3 is 20.1 Å². The van der Waals surface area contributed by atoms with Crippen LogP contribution in [0.3, 0.4) is 0 Å². The number of hydrogen-bond acceptors (Lipinski definition) is 4. The summed E-state index contributed by atoms with van der Waals surface area (Å²) in [6.07, 6.45) is 1.69. The molecule has 0 spiro atoms. The van der Waals surface area contributed by atoms with Gasteiger partial charge in [-0.15, -0.1) is 0 Å². The van der Waals surface area contributed by atoms with Crippen LogP contribution in [0.15, 0.2) is 0 Å². The smallest absolute Gasteiger partial charge is 0.410 e. The third kappa shape index (κ3) is 5.47. The Balaban J connectivity index is 2.68. The SMILES string of the molecule is CC1C(NC(C)C(C)(C)O)CCCN1C(=O)OC(C)(C)C. The molecule has 21 heavy (non-hydrogen) atoms. The van der Waals surface area contributed by atoms with Crippen LogP contribution in [-0.2, 0) is 4.74 Å². The zero-order valence-corrected chi connectivity index (χ0v) is 14.6. The number of carbonyl (C=O) groups excluding carboxylic acids is 1. The summed E-state index contributed by atoms with van der Waals surface area (Å²) < 4.78 is 5.48. The average molecular weight is 300 g/mol. The number of aliphatic hydroxyl groups is 1. The number of nitrogens with zero attached hydrogens (tertiary/aromatic N) is 1. The molecule has 3 unspecified atom stereocenters. The number of hydrogen-bond donors (Lipinski definition) is 2. The maximum atomic E-state index is 12.3. The summed E-state index contributed by atoms with van der Waals surface area (Å²) in [5, 5.41) is 13.5. The molecule has 1 aliphatic heterocycles. The normalized spacial score (nSPS) is 25.6. The molecular formula is C16H32N2O3. The van der Waals surface area contributed by atoms with E-state index in [1.165, 1.54) is 0 Å². The molecule has 5 heteroatoms. The first kappa shape index (κ1) is 18.2. The second-order valence-electron chi connectivity index (χ2n) is 7.71. The zero-order valence-electron chi connectivity index (χ0n) is 14.6. The number of carbonyl (C=O) groups is 1. The highest BCUT2D eigenvalue weighted by Crippen LogP contribution is 2.22. The molecule has 1 amide bonds. The molecule has 0 bridgehead atoms. The zero-order chi connectivity index (χ0) is 16.4. The van der Waals surface area contributed by atoms with Gasteiger partial charge in [0.1, 0.15) is 5.60 Å². The molecule has 5 nitrogen and oxygen atoms in total. The van der Waals surface area contributed by atoms with Crippen LogP contribution in [0.2, 0.25) is 0 Å². The van der Waals surface area contributed by atoms with Crippen LogP contribution >= 0.6 is 0 Å². The van der Waals surface area contributed by atoms with E-state index in [1.807, 2.05) is 34.6 Å². The van der Waals surface area contributed by atoms with Crippen LogP contribution in [0.5, 0.6) is 0 Å². The molecule has 0 aromatic rings. The lowest BCUT2D eigenvalue weighted by molar-refractivity contribution is -0.000501. The number of likely N-dealkylation sites (tertiary alicyclic amines) is 1. The van der Waals surface area contributed by atoms with E-state index < -0.39 is 11.2 Å². The van der Waals surface area contributed by atoms with Crippen molar-refractivity contribution in [3.63, 3.8) is 0 Å². The number of nitrogens with one attached hydrogen (secondary N) is 1. The third-order valence-electron chi connectivity index (χ3n) is 4.14. The van der Waals surface area contributed by atoms with Crippen LogP contribution in [0.4, 0.5) is 4.79 Å². The van der Waals surface area contributed by atoms with Gasteiger partial charge in [0.25, 0.3) is 0 Å². The highest BCUT2D eigenvalue weighted by atomic mass is 16.6. The van der Waals surface area contributed by atoms with Gasteiger partial charge in [-0.2, -0.15) is 0 Å². The van der Waals surface area contributed by atoms with E-state index in [2.05, 4.69) is 5.32 Å². The molecule has 1 rings (SSSR count). The predicted octanol–water partition coefficient (Wildman–Crippen LogP) is 2.52. The van der Waals surface area contributed by atoms with E-state index in [-0.39, 0.29) is 24.2 Å². The quantitative estimate of drug-likeness (QED) is 0.841. The van der Waals surface area contributed by atoms with Gasteiger partial charge in [-0.05, 0) is 61.3 Å². The molecular weight excluding hydrogens is 268 g/mol. The second-order valence-corrected chi connectivity index (χ2v) is 7.71. The van der Waals surface area contributed by atoms with Gasteiger partial charge in [-0.3, -0.25) is 0 Å². The standard InChI is InChI=1S/C16H32N2O3/c1-11-13(17-12(2)16(6,7)20)9-8-10-18(11)14(19)21-15(3,4)5/h11-13,17,20H,8-10H2,1-7H3. The lowest BCUT2D eigenvalue weighted by Gasteiger charge is -2.42. The number of piperidine rings is 1. The van der Waals surface area contributed by atoms with E-state index in [9.17, 15) is 9.90 Å². The maximum Gasteiger partial charge on any atom is 0.410 e. The fourth-order valence-electron chi connectivity index (χ4n) is 2.47. The molecule has 0 aromatic carbocycles. The van der Waals surface area contributed by atoms with E-state index >= 15 is 0 Å². The molecule has 1 aliphatic rings. The predicted molar refractivity (Wildman–Crippen MR) is 84.3 cm³/mol. The summed E-state index contributed by atoms with van der Waals surface area (Å²) in [6.45, 7) is 14.0. The fraction of sp³-hybridized carbons (Fsp3) is 0.938. The first-order chi connectivity index (χ1) is 9.42. The van der Waals surface area contributed by atoms with Crippen LogP contribution in [0, 0.1) is 0 Å². The van der Waals surface area contributed by atoms with Crippen molar-refractivity contribution in [2.45, 2.75) is 90.6 Å². The van der Waals surface area contributed by atoms with Crippen molar-refractivity contribution < 1.29 is 14.6 Å². The first-order valence-electron chi connectivity index (χ1n) is 7.90. The van der Waals surface area contributed by atoms with Crippen molar-refractivity contribution in [3.05, 3.63) is 0 Å². The average Bonchev–Trinajstić information content (AvgIpc) is 2.28. The van der Waals surface area contributed by atoms with Gasteiger partial charge in [-0.25, -0.2) is 4.79 Å². The summed E-state index contributed by atoms with van der Waals surface area (Å²) in [5.74, 6) is 0. The first-order valence-corrected chi connectivity index (χ1v) is 7.90. The molecule has 124 valence electrons. The van der Waals surface area contributed by atoms with Crippen molar-refractivity contribution >= 4 is 6.09 Å². The number of amides is 1. The minimum absolute atomic E-state index is 0.0384. The Kier molecular flexibility index (Phi) is 5.67. The van der Waals surface area contributed by atoms with Gasteiger partial charge in [0.15, 0.2) is 0 Å². The summed E-state index contributed by atoms with van der Waals surface area (Å²) in [5.41, 5.74) is -1.26. The highest BCUT2D eigenvalue weighted by molar-refractivity contribution is 5.68. The highest BCUT2D eigenvalue weighted by Gasteiger charge is 2.35. The van der Waals surface area contributed by atoms with Crippen LogP contribution < -0.4 is 5.32 Å². The molecule has 1 fully saturated rings. The van der Waals surface area contributed by atoms with Crippen molar-refractivity contribution in [3.8, 4) is 0 Å². The van der Waals surface area contributed by atoms with Crippen molar-refractivity contribution in [2.75, 3.05) is 6.54 Å². The topological polar surface area (TPSA) is 61.8 Å². The van der Waals surface area contributed by atoms with Crippen LogP contribution in [-0.4, -0.2) is 52.0 Å². The molecule has 0 radical (unpaired) electrons. The Morgan fingerprint density at radius 2 is 1.90 bits per heavy atom. The molecule has 1 saturated heterocycles. The fourth-order valence-corrected chi connectivity index (χ4v) is 2.47. The Labute approximate surface area is 129 Å². The Hall–Kier alpha value is -0.810. The van der Waals surface area contributed by atoms with Crippen molar-refractivity contribution in [1.82, 2.24) is 10.2 Å². The van der Waals surface area contributed by atoms with Gasteiger partial charge >= 0.3 is 6.09 Å². The molecule has 0 saturated carbocycles. The lowest BCUT2D eigenvalue weighted by atomic mass is 9.93. The molecule has 3 atom stereocenters. The molecule has 2 N–H and O–H groups in total. The summed E-state index contributed by atoms with van der Waals surface area (Å²) in [7, 11) is 0. The van der Waals surface area contributed by atoms with Crippen LogP contribution in [0.1, 0.15) is 61.3 Å². The molecule has 0 aromatic heterocycles. The van der Waals surface area contributed by atoms with Gasteiger partial charge in [0.05, 0.1) is 5.60 Å².